The van der Waals surface area contributed by atoms with Crippen LogP contribution in [0, 0.1) is 0 Å². The van der Waals surface area contributed by atoms with Gasteiger partial charge in [0, 0.05) is 57.1 Å². The van der Waals surface area contributed by atoms with Crippen LogP contribution < -0.4 is 10.6 Å². The molecule has 1 amide bonds. The summed E-state index contributed by atoms with van der Waals surface area (Å²) in [5.41, 5.74) is 4.09. The summed E-state index contributed by atoms with van der Waals surface area (Å²) in [6.07, 6.45) is 3.73. The standard InChI is InChI=1S/C25H34N6O2/c1-18(2)31-11-8-21(9-12-31)29-24-13-23(27-17-28-24)25(33)26-14-22(32)16-30-10-7-19-5-3-4-6-20(19)15-30/h3-6,13,17,21-22,32H,1,7-12,14-16H2,2H3,(H,26,33)(H,27,28,29)/t22-/m0/s1. The molecule has 8 heteroatoms. The normalized spacial score (nSPS) is 17.8. The number of carbonyl (C=O) groups excluding carboxylic acids is 1. The van der Waals surface area contributed by atoms with E-state index in [2.05, 4.69) is 61.2 Å². The topological polar surface area (TPSA) is 93.6 Å². The molecule has 0 unspecified atom stereocenters. The summed E-state index contributed by atoms with van der Waals surface area (Å²) in [6.45, 7) is 10.4. The fourth-order valence-electron chi connectivity index (χ4n) is 4.55. The van der Waals surface area contributed by atoms with Crippen LogP contribution in [0.3, 0.4) is 0 Å². The Kier molecular flexibility index (Phi) is 7.57. The van der Waals surface area contributed by atoms with Crippen molar-refractivity contribution in [2.45, 2.75) is 44.9 Å². The molecule has 1 aromatic carbocycles. The lowest BCUT2D eigenvalue weighted by Gasteiger charge is -2.34. The van der Waals surface area contributed by atoms with E-state index in [4.69, 9.17) is 0 Å². The molecular weight excluding hydrogens is 416 g/mol. The van der Waals surface area contributed by atoms with E-state index < -0.39 is 6.10 Å². The minimum absolute atomic E-state index is 0.184. The zero-order valence-electron chi connectivity index (χ0n) is 19.3. The predicted octanol–water partition coefficient (Wildman–Crippen LogP) is 2.04. The third-order valence-corrected chi connectivity index (χ3v) is 6.46. The van der Waals surface area contributed by atoms with Crippen LogP contribution in [-0.2, 0) is 13.0 Å². The number of aliphatic hydroxyl groups is 1. The van der Waals surface area contributed by atoms with Crippen LogP contribution >= 0.6 is 0 Å². The summed E-state index contributed by atoms with van der Waals surface area (Å²) < 4.78 is 0. The number of aliphatic hydroxyl groups excluding tert-OH is 1. The van der Waals surface area contributed by atoms with Crippen molar-refractivity contribution in [1.82, 2.24) is 25.1 Å². The first kappa shape index (κ1) is 23.2. The lowest BCUT2D eigenvalue weighted by molar-refractivity contribution is 0.0838. The second kappa shape index (κ2) is 10.8. The van der Waals surface area contributed by atoms with Crippen molar-refractivity contribution in [1.29, 1.82) is 0 Å². The number of aromatic nitrogens is 2. The summed E-state index contributed by atoms with van der Waals surface area (Å²) in [5, 5.41) is 16.7. The van der Waals surface area contributed by atoms with Gasteiger partial charge in [-0.3, -0.25) is 9.69 Å². The maximum absolute atomic E-state index is 12.6. The highest BCUT2D eigenvalue weighted by Gasteiger charge is 2.21. The molecule has 0 aliphatic carbocycles. The predicted molar refractivity (Wildman–Crippen MR) is 129 cm³/mol. The number of piperidine rings is 1. The van der Waals surface area contributed by atoms with Gasteiger partial charge in [0.1, 0.15) is 17.8 Å². The Labute approximate surface area is 195 Å². The van der Waals surface area contributed by atoms with Crippen LogP contribution in [0.1, 0.15) is 41.4 Å². The van der Waals surface area contributed by atoms with E-state index in [0.29, 0.717) is 24.1 Å². The molecule has 1 saturated heterocycles. The SMILES string of the molecule is C=C(C)N1CCC(Nc2cc(C(=O)NC[C@H](O)CN3CCc4ccccc4C3)ncn2)CC1. The molecular formula is C25H34N6O2. The van der Waals surface area contributed by atoms with Gasteiger partial charge in [-0.1, -0.05) is 30.8 Å². The number of benzene rings is 1. The molecule has 8 nitrogen and oxygen atoms in total. The van der Waals surface area contributed by atoms with Crippen molar-refractivity contribution in [2.75, 3.05) is 38.0 Å². The Morgan fingerprint density at radius 3 is 2.73 bits per heavy atom. The molecule has 2 aliphatic heterocycles. The average Bonchev–Trinajstić information content (AvgIpc) is 2.83. The van der Waals surface area contributed by atoms with Gasteiger partial charge in [-0.25, -0.2) is 9.97 Å². The van der Waals surface area contributed by atoms with Gasteiger partial charge in [-0.2, -0.15) is 0 Å². The molecule has 4 rings (SSSR count). The lowest BCUT2D eigenvalue weighted by atomic mass is 10.00. The van der Waals surface area contributed by atoms with E-state index in [9.17, 15) is 9.90 Å². The van der Waals surface area contributed by atoms with Gasteiger partial charge in [-0.05, 0) is 37.3 Å². The molecule has 1 aromatic heterocycles. The van der Waals surface area contributed by atoms with Gasteiger partial charge in [0.05, 0.1) is 6.10 Å². The van der Waals surface area contributed by atoms with Crippen LogP contribution in [0.4, 0.5) is 5.82 Å². The van der Waals surface area contributed by atoms with Crippen molar-refractivity contribution >= 4 is 11.7 Å². The van der Waals surface area contributed by atoms with Crippen molar-refractivity contribution < 1.29 is 9.90 Å². The summed E-state index contributed by atoms with van der Waals surface area (Å²) >= 11 is 0. The summed E-state index contributed by atoms with van der Waals surface area (Å²) in [6, 6.07) is 10.4. The fraction of sp³-hybridized carbons (Fsp3) is 0.480. The Morgan fingerprint density at radius 2 is 1.97 bits per heavy atom. The van der Waals surface area contributed by atoms with Crippen LogP contribution in [0.2, 0.25) is 0 Å². The number of amides is 1. The second-order valence-corrected chi connectivity index (χ2v) is 9.05. The average molecular weight is 451 g/mol. The van der Waals surface area contributed by atoms with Gasteiger partial charge in [0.2, 0.25) is 0 Å². The van der Waals surface area contributed by atoms with Crippen molar-refractivity contribution in [3.05, 3.63) is 65.8 Å². The number of anilines is 1. The molecule has 0 saturated carbocycles. The van der Waals surface area contributed by atoms with Crippen molar-refractivity contribution in [3.8, 4) is 0 Å². The second-order valence-electron chi connectivity index (χ2n) is 9.05. The quantitative estimate of drug-likeness (QED) is 0.567. The first-order valence-corrected chi connectivity index (χ1v) is 11.7. The smallest absolute Gasteiger partial charge is 0.270 e. The highest BCUT2D eigenvalue weighted by atomic mass is 16.3. The molecule has 176 valence electrons. The number of β-amino-alcohol motifs (C(OH)–C–C–N with tert-alkyl or cyclic N) is 1. The number of nitrogens with one attached hydrogen (secondary N) is 2. The van der Waals surface area contributed by atoms with E-state index in [1.54, 1.807) is 6.07 Å². The van der Waals surface area contributed by atoms with Crippen LogP contribution in [-0.4, -0.2) is 75.7 Å². The summed E-state index contributed by atoms with van der Waals surface area (Å²) in [5.74, 6) is 0.344. The largest absolute Gasteiger partial charge is 0.390 e. The summed E-state index contributed by atoms with van der Waals surface area (Å²) in [4.78, 5) is 25.5. The van der Waals surface area contributed by atoms with E-state index >= 15 is 0 Å². The van der Waals surface area contributed by atoms with Gasteiger partial charge in [-0.15, -0.1) is 0 Å². The third kappa shape index (κ3) is 6.30. The number of likely N-dealkylation sites (tertiary alicyclic amines) is 1. The van der Waals surface area contributed by atoms with E-state index in [-0.39, 0.29) is 12.5 Å². The Hall–Kier alpha value is -2.97. The molecule has 3 heterocycles. The van der Waals surface area contributed by atoms with Crippen molar-refractivity contribution in [2.24, 2.45) is 0 Å². The number of carbonyl (C=O) groups is 1. The van der Waals surface area contributed by atoms with Crippen LogP contribution in [0.15, 0.2) is 48.9 Å². The first-order chi connectivity index (χ1) is 16.0. The Bertz CT molecular complexity index is 973. The van der Waals surface area contributed by atoms with Gasteiger partial charge < -0.3 is 20.6 Å². The molecule has 2 aromatic rings. The molecule has 0 radical (unpaired) electrons. The number of allylic oxidation sites excluding steroid dienone is 1. The van der Waals surface area contributed by atoms with Gasteiger partial charge in [0.25, 0.3) is 5.91 Å². The molecule has 1 fully saturated rings. The maximum atomic E-state index is 12.6. The zero-order chi connectivity index (χ0) is 23.2. The molecule has 0 spiro atoms. The number of fused-ring (bicyclic) bond motifs is 1. The number of hydrogen-bond donors (Lipinski definition) is 3. The molecule has 33 heavy (non-hydrogen) atoms. The zero-order valence-corrected chi connectivity index (χ0v) is 19.3. The highest BCUT2D eigenvalue weighted by Crippen LogP contribution is 2.19. The van der Waals surface area contributed by atoms with E-state index in [0.717, 1.165) is 51.1 Å². The Balaban J connectivity index is 1.23. The molecule has 2 aliphatic rings. The lowest BCUT2D eigenvalue weighted by Crippen LogP contribution is -2.42. The summed E-state index contributed by atoms with van der Waals surface area (Å²) in [7, 11) is 0. The number of hydrogen-bond acceptors (Lipinski definition) is 7. The minimum Gasteiger partial charge on any atom is -0.390 e. The van der Waals surface area contributed by atoms with Gasteiger partial charge in [0.15, 0.2) is 0 Å². The fourth-order valence-corrected chi connectivity index (χ4v) is 4.55. The number of nitrogens with zero attached hydrogens (tertiary/aromatic N) is 4. The van der Waals surface area contributed by atoms with Gasteiger partial charge >= 0.3 is 0 Å². The Morgan fingerprint density at radius 1 is 1.21 bits per heavy atom. The van der Waals surface area contributed by atoms with Crippen LogP contribution in [0.25, 0.3) is 0 Å². The van der Waals surface area contributed by atoms with E-state index in [1.807, 2.05) is 6.92 Å². The molecule has 0 bridgehead atoms. The number of rotatable bonds is 8. The third-order valence-electron chi connectivity index (χ3n) is 6.46. The molecule has 1 atom stereocenters. The van der Waals surface area contributed by atoms with Crippen molar-refractivity contribution in [3.63, 3.8) is 0 Å². The van der Waals surface area contributed by atoms with Crippen LogP contribution in [0.5, 0.6) is 0 Å². The maximum Gasteiger partial charge on any atom is 0.270 e. The highest BCUT2D eigenvalue weighted by molar-refractivity contribution is 5.92. The monoisotopic (exact) mass is 450 g/mol. The minimum atomic E-state index is -0.642. The first-order valence-electron chi connectivity index (χ1n) is 11.7. The molecule has 3 N–H and O–H groups in total. The van der Waals surface area contributed by atoms with E-state index in [1.165, 1.54) is 17.5 Å².